The first kappa shape index (κ1) is 15.6. The van der Waals surface area contributed by atoms with Gasteiger partial charge in [0.2, 0.25) is 5.88 Å². The molecule has 0 spiro atoms. The molecule has 1 aromatic heterocycles. The minimum atomic E-state index is -0.404. The van der Waals surface area contributed by atoms with Crippen molar-refractivity contribution in [2.24, 2.45) is 0 Å². The van der Waals surface area contributed by atoms with Crippen LogP contribution in [0.25, 0.3) is 11.3 Å². The molecule has 122 valence electrons. The maximum atomic E-state index is 13.7. The summed E-state index contributed by atoms with van der Waals surface area (Å²) in [7, 11) is 0. The fourth-order valence-corrected chi connectivity index (χ4v) is 2.36. The monoisotopic (exact) mass is 320 g/mol. The smallest absolute Gasteiger partial charge is 0.252 e. The van der Waals surface area contributed by atoms with Gasteiger partial charge >= 0.3 is 0 Å². The topological polar surface area (TPSA) is 73.6 Å². The van der Waals surface area contributed by atoms with Crippen LogP contribution in [-0.4, -0.2) is 37.0 Å². The van der Waals surface area contributed by atoms with Crippen molar-refractivity contribution >= 4 is 11.8 Å². The Hall–Kier alpha value is -2.25. The second-order valence-electron chi connectivity index (χ2n) is 5.25. The molecule has 1 N–H and O–H groups in total. The van der Waals surface area contributed by atoms with Gasteiger partial charge in [-0.25, -0.2) is 4.39 Å². The number of ether oxygens (including phenoxy) is 2. The summed E-state index contributed by atoms with van der Waals surface area (Å²) in [5.41, 5.74) is 0.630. The van der Waals surface area contributed by atoms with Crippen molar-refractivity contribution in [3.63, 3.8) is 0 Å². The van der Waals surface area contributed by atoms with Crippen LogP contribution in [-0.2, 0) is 14.3 Å². The van der Waals surface area contributed by atoms with Gasteiger partial charge in [0.15, 0.2) is 0 Å². The Labute approximate surface area is 132 Å². The van der Waals surface area contributed by atoms with Crippen LogP contribution in [0, 0.1) is 5.82 Å². The highest BCUT2D eigenvalue weighted by Crippen LogP contribution is 2.24. The van der Waals surface area contributed by atoms with Gasteiger partial charge in [-0.1, -0.05) is 17.3 Å². The molecule has 0 bridgehead atoms. The molecule has 0 saturated carbocycles. The lowest BCUT2D eigenvalue weighted by Crippen LogP contribution is -2.22. The van der Waals surface area contributed by atoms with Crippen LogP contribution in [0.5, 0.6) is 0 Å². The number of rotatable bonds is 6. The molecule has 0 unspecified atom stereocenters. The summed E-state index contributed by atoms with van der Waals surface area (Å²) in [6.45, 7) is 1.04. The molecule has 2 aromatic rings. The van der Waals surface area contributed by atoms with Crippen molar-refractivity contribution < 1.29 is 23.2 Å². The SMILES string of the molecule is O=C(COC[C@@H]1CCCO1)Nc1cc(-c2ccccc2F)no1. The second-order valence-corrected chi connectivity index (χ2v) is 5.25. The number of nitrogens with one attached hydrogen (secondary N) is 1. The number of anilines is 1. The van der Waals surface area contributed by atoms with Gasteiger partial charge in [-0.15, -0.1) is 0 Å². The summed E-state index contributed by atoms with van der Waals surface area (Å²) in [4.78, 5) is 11.8. The molecule has 0 aliphatic carbocycles. The molecule has 2 heterocycles. The Morgan fingerprint density at radius 3 is 3.09 bits per heavy atom. The number of halogens is 1. The summed E-state index contributed by atoms with van der Waals surface area (Å²) >= 11 is 0. The van der Waals surface area contributed by atoms with Crippen molar-refractivity contribution in [2.45, 2.75) is 18.9 Å². The molecule has 0 radical (unpaired) electrons. The number of carbonyl (C=O) groups excluding carboxylic acids is 1. The van der Waals surface area contributed by atoms with Crippen LogP contribution in [0.15, 0.2) is 34.9 Å². The third kappa shape index (κ3) is 4.14. The highest BCUT2D eigenvalue weighted by atomic mass is 19.1. The van der Waals surface area contributed by atoms with Crippen LogP contribution in [0.3, 0.4) is 0 Å². The lowest BCUT2D eigenvalue weighted by molar-refractivity contribution is -0.121. The zero-order valence-corrected chi connectivity index (χ0v) is 12.5. The maximum Gasteiger partial charge on any atom is 0.252 e. The second kappa shape index (κ2) is 7.34. The van der Waals surface area contributed by atoms with E-state index >= 15 is 0 Å². The Morgan fingerprint density at radius 2 is 2.30 bits per heavy atom. The standard InChI is InChI=1S/C16H17FN2O4/c17-13-6-2-1-5-12(13)14-8-16(23-19-14)18-15(20)10-21-9-11-4-3-7-22-11/h1-2,5-6,8,11H,3-4,7,9-10H2,(H,18,20)/t11-/m0/s1. The summed E-state index contributed by atoms with van der Waals surface area (Å²) in [6.07, 6.45) is 2.05. The van der Waals surface area contributed by atoms with Crippen molar-refractivity contribution in [3.8, 4) is 11.3 Å². The quantitative estimate of drug-likeness (QED) is 0.885. The van der Waals surface area contributed by atoms with Gasteiger partial charge < -0.3 is 14.0 Å². The number of hydrogen-bond acceptors (Lipinski definition) is 5. The molecule has 1 amide bonds. The van der Waals surface area contributed by atoms with Gasteiger partial charge in [-0.05, 0) is 25.0 Å². The van der Waals surface area contributed by atoms with Crippen molar-refractivity contribution in [1.82, 2.24) is 5.16 Å². The number of nitrogens with zero attached hydrogens (tertiary/aromatic N) is 1. The molecule has 1 atom stereocenters. The number of aromatic nitrogens is 1. The van der Waals surface area contributed by atoms with Gasteiger partial charge in [-0.3, -0.25) is 10.1 Å². The number of amides is 1. The minimum Gasteiger partial charge on any atom is -0.376 e. The fourth-order valence-electron chi connectivity index (χ4n) is 2.36. The third-order valence-electron chi connectivity index (χ3n) is 3.48. The summed E-state index contributed by atoms with van der Waals surface area (Å²) in [5.74, 6) is -0.619. The molecule has 7 heteroatoms. The molecule has 6 nitrogen and oxygen atoms in total. The van der Waals surface area contributed by atoms with Gasteiger partial charge in [0.25, 0.3) is 5.91 Å². The summed E-state index contributed by atoms with van der Waals surface area (Å²) in [6, 6.07) is 7.68. The molecule has 1 aliphatic heterocycles. The van der Waals surface area contributed by atoms with E-state index in [1.807, 2.05) is 0 Å². The van der Waals surface area contributed by atoms with Crippen LogP contribution in [0.4, 0.5) is 10.3 Å². The van der Waals surface area contributed by atoms with E-state index in [1.165, 1.54) is 12.1 Å². The average Bonchev–Trinajstić information content (AvgIpc) is 3.20. The molecule has 1 saturated heterocycles. The largest absolute Gasteiger partial charge is 0.376 e. The third-order valence-corrected chi connectivity index (χ3v) is 3.48. The molecule has 3 rings (SSSR count). The van der Waals surface area contributed by atoms with Crippen LogP contribution in [0.1, 0.15) is 12.8 Å². The number of carbonyl (C=O) groups is 1. The fraction of sp³-hybridized carbons (Fsp3) is 0.375. The van der Waals surface area contributed by atoms with E-state index in [0.29, 0.717) is 17.9 Å². The zero-order valence-electron chi connectivity index (χ0n) is 12.5. The van der Waals surface area contributed by atoms with Crippen molar-refractivity contribution in [1.29, 1.82) is 0 Å². The first-order valence-electron chi connectivity index (χ1n) is 7.43. The zero-order chi connectivity index (χ0) is 16.1. The molecule has 1 fully saturated rings. The lowest BCUT2D eigenvalue weighted by Gasteiger charge is -2.09. The number of hydrogen-bond donors (Lipinski definition) is 1. The predicted molar refractivity (Wildman–Crippen MR) is 80.3 cm³/mol. The van der Waals surface area contributed by atoms with Crippen LogP contribution >= 0.6 is 0 Å². The van der Waals surface area contributed by atoms with Crippen LogP contribution < -0.4 is 5.32 Å². The Balaban J connectivity index is 1.50. The minimum absolute atomic E-state index is 0.0701. The van der Waals surface area contributed by atoms with E-state index in [1.54, 1.807) is 18.2 Å². The van der Waals surface area contributed by atoms with Crippen LogP contribution in [0.2, 0.25) is 0 Å². The lowest BCUT2D eigenvalue weighted by atomic mass is 10.1. The molecule has 1 aromatic carbocycles. The highest BCUT2D eigenvalue weighted by Gasteiger charge is 2.16. The van der Waals surface area contributed by atoms with E-state index in [0.717, 1.165) is 19.4 Å². The Morgan fingerprint density at radius 1 is 1.43 bits per heavy atom. The summed E-state index contributed by atoms with van der Waals surface area (Å²) < 4.78 is 29.4. The van der Waals surface area contributed by atoms with E-state index in [-0.39, 0.29) is 24.5 Å². The number of benzene rings is 1. The van der Waals surface area contributed by atoms with Gasteiger partial charge in [-0.2, -0.15) is 0 Å². The Kier molecular flexibility index (Phi) is 4.99. The van der Waals surface area contributed by atoms with E-state index in [9.17, 15) is 9.18 Å². The van der Waals surface area contributed by atoms with E-state index in [2.05, 4.69) is 10.5 Å². The van der Waals surface area contributed by atoms with Gasteiger partial charge in [0.05, 0.1) is 12.7 Å². The molecular weight excluding hydrogens is 303 g/mol. The molecular formula is C16H17FN2O4. The summed E-state index contributed by atoms with van der Waals surface area (Å²) in [5, 5.41) is 6.27. The normalized spacial score (nSPS) is 17.3. The first-order chi connectivity index (χ1) is 11.2. The predicted octanol–water partition coefficient (Wildman–Crippen LogP) is 2.61. The van der Waals surface area contributed by atoms with E-state index < -0.39 is 5.82 Å². The van der Waals surface area contributed by atoms with E-state index in [4.69, 9.17) is 14.0 Å². The average molecular weight is 320 g/mol. The van der Waals surface area contributed by atoms with Gasteiger partial charge in [0.1, 0.15) is 18.1 Å². The molecule has 23 heavy (non-hydrogen) atoms. The highest BCUT2D eigenvalue weighted by molar-refractivity contribution is 5.90. The Bertz CT molecular complexity index is 668. The van der Waals surface area contributed by atoms with Crippen molar-refractivity contribution in [2.75, 3.05) is 25.1 Å². The maximum absolute atomic E-state index is 13.7. The van der Waals surface area contributed by atoms with Crippen molar-refractivity contribution in [3.05, 3.63) is 36.1 Å². The first-order valence-corrected chi connectivity index (χ1v) is 7.43. The van der Waals surface area contributed by atoms with Gasteiger partial charge in [0, 0.05) is 18.2 Å². The molecule has 1 aliphatic rings.